The van der Waals surface area contributed by atoms with Gasteiger partial charge in [0.05, 0.1) is 0 Å². The van der Waals surface area contributed by atoms with Gasteiger partial charge in [-0.05, 0) is 45.2 Å². The van der Waals surface area contributed by atoms with Crippen LogP contribution in [0.5, 0.6) is 0 Å². The molecule has 0 saturated heterocycles. The third kappa shape index (κ3) is 7.46. The first-order chi connectivity index (χ1) is 9.50. The molecule has 0 saturated carbocycles. The molecular formula is C7I15O. The molecule has 0 bridgehead atoms. The highest BCUT2D eigenvalue weighted by atomic mass is 127. The molecule has 0 aromatic carbocycles. The first kappa shape index (κ1) is 33.9. The summed E-state index contributed by atoms with van der Waals surface area (Å²) in [7, 11) is 0. The summed E-state index contributed by atoms with van der Waals surface area (Å²) in [6.07, 6.45) is 0. The second-order valence-electron chi connectivity index (χ2n) is 3.89. The van der Waals surface area contributed by atoms with Gasteiger partial charge in [-0.1, -0.05) is 294 Å². The van der Waals surface area contributed by atoms with Gasteiger partial charge in [0, 0.05) is 0 Å². The molecule has 0 spiro atoms. The summed E-state index contributed by atoms with van der Waals surface area (Å²) in [5.41, 5.74) is 0. The number of rotatable bonds is 6. The Kier molecular flexibility index (Phi) is 17.6. The van der Waals surface area contributed by atoms with Crippen LogP contribution in [0.1, 0.15) is 0 Å². The van der Waals surface area contributed by atoms with Crippen molar-refractivity contribution in [2.45, 2.75) is 8.19 Å². The molecule has 0 aliphatic rings. The van der Waals surface area contributed by atoms with Crippen molar-refractivity contribution < 1.29 is 5.11 Å². The lowest BCUT2D eigenvalue weighted by atomic mass is 10.1. The maximum Gasteiger partial charge on any atom is 0.229 e. The lowest BCUT2D eigenvalue weighted by Gasteiger charge is -2.55. The van der Waals surface area contributed by atoms with Gasteiger partial charge < -0.3 is 0 Å². The van der Waals surface area contributed by atoms with Crippen LogP contribution in [0.2, 0.25) is 0 Å². The fourth-order valence-corrected chi connectivity index (χ4v) is 20.8. The SMILES string of the molecule is [O]C(I)(I)C(I)(I)C(I)(I)C(I)(I)C(I)(I)C(I)(I)C(I)(I)I. The van der Waals surface area contributed by atoms with Crippen molar-refractivity contribution in [3.8, 4) is 0 Å². The Hall–Kier alpha value is 10.9. The van der Waals surface area contributed by atoms with Crippen LogP contribution < -0.4 is 0 Å². The lowest BCUT2D eigenvalue weighted by molar-refractivity contribution is 0.161. The van der Waals surface area contributed by atoms with Crippen LogP contribution in [0.25, 0.3) is 0 Å². The molecule has 0 unspecified atom stereocenters. The zero-order valence-electron chi connectivity index (χ0n) is 9.58. The maximum absolute atomic E-state index is 12.9. The van der Waals surface area contributed by atoms with Crippen LogP contribution in [0.15, 0.2) is 0 Å². The van der Waals surface area contributed by atoms with Crippen molar-refractivity contribution in [3.05, 3.63) is 0 Å². The molecule has 16 heteroatoms. The third-order valence-corrected chi connectivity index (χ3v) is 49.3. The van der Waals surface area contributed by atoms with Gasteiger partial charge in [-0.3, -0.25) is 0 Å². The minimum atomic E-state index is -1.12. The molecule has 0 aliphatic carbocycles. The van der Waals surface area contributed by atoms with E-state index in [1.807, 2.05) is 45.2 Å². The Bertz CT molecular complexity index is 400. The monoisotopic (exact) mass is 2000 g/mol. The fraction of sp³-hybridized carbons (Fsp3) is 1.00. The van der Waals surface area contributed by atoms with Crippen molar-refractivity contribution in [3.63, 3.8) is 0 Å². The second kappa shape index (κ2) is 12.0. The van der Waals surface area contributed by atoms with E-state index in [2.05, 4.69) is 294 Å². The second-order valence-corrected chi connectivity index (χ2v) is 46.5. The van der Waals surface area contributed by atoms with Gasteiger partial charge in [-0.2, -0.15) is 0 Å². The van der Waals surface area contributed by atoms with E-state index >= 15 is 0 Å². The van der Waals surface area contributed by atoms with Crippen LogP contribution >= 0.6 is 339 Å². The molecule has 0 fully saturated rings. The highest BCUT2D eigenvalue weighted by Gasteiger charge is 2.75. The molecule has 1 nitrogen and oxygen atoms in total. The summed E-state index contributed by atoms with van der Waals surface area (Å²) in [5, 5.41) is 12.9. The highest BCUT2D eigenvalue weighted by molar-refractivity contribution is 14.3. The van der Waals surface area contributed by atoms with Crippen molar-refractivity contribution in [2.75, 3.05) is 0 Å². The number of halogens is 15. The van der Waals surface area contributed by atoms with Crippen molar-refractivity contribution in [1.82, 2.24) is 0 Å². The normalized spacial score (nSPS) is 16.7. The first-order valence-electron chi connectivity index (χ1n) is 4.54. The van der Waals surface area contributed by atoms with Gasteiger partial charge in [-0.25, -0.2) is 5.11 Å². The minimum Gasteiger partial charge on any atom is -0.204 e. The minimum absolute atomic E-state index is 0.0249. The van der Waals surface area contributed by atoms with Gasteiger partial charge >= 0.3 is 0 Å². The van der Waals surface area contributed by atoms with E-state index in [0.717, 1.165) is 0 Å². The quantitative estimate of drug-likeness (QED) is 0.187. The Balaban J connectivity index is 6.37. The van der Waals surface area contributed by atoms with E-state index in [1.54, 1.807) is 0 Å². The van der Waals surface area contributed by atoms with Gasteiger partial charge in [0.1, 0.15) is 6.58 Å². The highest BCUT2D eigenvalue weighted by Crippen LogP contribution is 2.77. The number of hydrogen-bond acceptors (Lipinski definition) is 0. The van der Waals surface area contributed by atoms with Crippen LogP contribution in [0.4, 0.5) is 0 Å². The summed E-state index contributed by atoms with van der Waals surface area (Å²) < 4.78 is -2.24. The van der Waals surface area contributed by atoms with Gasteiger partial charge in [-0.15, -0.1) is 0 Å². The Morgan fingerprint density at radius 1 is 0.348 bits per heavy atom. The summed E-state index contributed by atoms with van der Waals surface area (Å²) in [6, 6.07) is 0. The molecule has 1 radical (unpaired) electrons. The standard InChI is InChI=1S/C7I15O/c8-1(9,2(10,11)4(14,15)6(18,19)20)3(12,13)5(16,17)7(21,22)23. The molecule has 0 aliphatic heterocycles. The van der Waals surface area contributed by atoms with Crippen molar-refractivity contribution >= 4 is 339 Å². The van der Waals surface area contributed by atoms with Gasteiger partial charge in [0.25, 0.3) is 0 Å². The molecule has 0 amide bonds. The Morgan fingerprint density at radius 2 is 0.565 bits per heavy atom. The number of hydrogen-bond donors (Lipinski definition) is 0. The van der Waals surface area contributed by atoms with Crippen molar-refractivity contribution in [2.24, 2.45) is 0 Å². The van der Waals surface area contributed by atoms with Crippen LogP contribution in [0.3, 0.4) is 0 Å². The van der Waals surface area contributed by atoms with Crippen molar-refractivity contribution in [1.29, 1.82) is 0 Å². The zero-order valence-corrected chi connectivity index (χ0v) is 41.9. The van der Waals surface area contributed by atoms with E-state index < -0.39 is 3.04 Å². The molecule has 139 valence electrons. The predicted octanol–water partition coefficient (Wildman–Crippen LogP) is 11.7. The Labute approximate surface area is 341 Å². The van der Waals surface area contributed by atoms with E-state index in [0.29, 0.717) is 0 Å². The lowest BCUT2D eigenvalue weighted by Crippen LogP contribution is -2.65. The van der Waals surface area contributed by atoms with E-state index in [9.17, 15) is 5.11 Å². The molecule has 0 N–H and O–H groups in total. The molecule has 0 atom stereocenters. The zero-order chi connectivity index (χ0) is 19.5. The molecule has 0 aromatic rings. The van der Waals surface area contributed by atoms with Crippen LogP contribution in [0, 0.1) is 0 Å². The fourth-order valence-electron chi connectivity index (χ4n) is 0.952. The van der Waals surface area contributed by atoms with Crippen LogP contribution in [-0.2, 0) is 5.11 Å². The van der Waals surface area contributed by atoms with E-state index in [4.69, 9.17) is 0 Å². The van der Waals surface area contributed by atoms with E-state index in [-0.39, 0.29) is 5.15 Å². The summed E-state index contributed by atoms with van der Waals surface area (Å²) >= 11 is 36.9. The average molecular weight is 2000 g/mol. The molecular weight excluding hydrogens is 2000 g/mol. The average Bonchev–Trinajstić information content (AvgIpc) is 2.24. The smallest absolute Gasteiger partial charge is 0.204 e. The number of alkyl halides is 15. The van der Waals surface area contributed by atoms with Gasteiger partial charge in [0.2, 0.25) is 1.61 Å². The first-order valence-corrected chi connectivity index (χ1v) is 20.7. The predicted molar refractivity (Wildman–Crippen MR) is 230 cm³/mol. The molecule has 0 rings (SSSR count). The molecule has 0 aromatic heterocycles. The maximum atomic E-state index is 12.9. The largest absolute Gasteiger partial charge is 0.229 e. The topological polar surface area (TPSA) is 19.9 Å². The van der Waals surface area contributed by atoms with Gasteiger partial charge in [0.15, 0.2) is 0 Å². The molecule has 23 heavy (non-hydrogen) atoms. The third-order valence-electron chi connectivity index (χ3n) is 2.30. The summed E-state index contributed by atoms with van der Waals surface area (Å²) in [4.78, 5) is 0. The molecule has 0 heterocycles. The van der Waals surface area contributed by atoms with Crippen LogP contribution in [-0.4, -0.2) is 8.19 Å². The summed E-state index contributed by atoms with van der Waals surface area (Å²) in [6.45, 7) is 0. The Morgan fingerprint density at radius 3 is 0.783 bits per heavy atom. The van der Waals surface area contributed by atoms with E-state index in [1.165, 1.54) is 0 Å². The summed E-state index contributed by atoms with van der Waals surface area (Å²) in [5.74, 6) is 0.